The molecule has 5 nitrogen and oxygen atoms in total. The molecule has 136 valence electrons. The number of anilines is 1. The SMILES string of the molecule is O=C(Cc1ccc2c(c1)CCCO2)N1CCN(c2ccc(Cl)cn2)CC1. The first-order chi connectivity index (χ1) is 12.7. The van der Waals surface area contributed by atoms with Crippen LogP contribution in [-0.4, -0.2) is 48.6 Å². The summed E-state index contributed by atoms with van der Waals surface area (Å²) >= 11 is 5.89. The van der Waals surface area contributed by atoms with E-state index >= 15 is 0 Å². The number of hydrogen-bond donors (Lipinski definition) is 0. The zero-order valence-electron chi connectivity index (χ0n) is 14.7. The monoisotopic (exact) mass is 371 g/mol. The Labute approximate surface area is 158 Å². The van der Waals surface area contributed by atoms with Crippen molar-refractivity contribution in [1.82, 2.24) is 9.88 Å². The predicted octanol–water partition coefficient (Wildman–Crippen LogP) is 2.95. The van der Waals surface area contributed by atoms with Gasteiger partial charge in [-0.2, -0.15) is 0 Å². The van der Waals surface area contributed by atoms with E-state index in [2.05, 4.69) is 16.0 Å². The molecular weight excluding hydrogens is 350 g/mol. The topological polar surface area (TPSA) is 45.7 Å². The van der Waals surface area contributed by atoms with Crippen molar-refractivity contribution in [2.45, 2.75) is 19.3 Å². The van der Waals surface area contributed by atoms with E-state index in [1.54, 1.807) is 6.20 Å². The highest BCUT2D eigenvalue weighted by Gasteiger charge is 2.22. The molecule has 1 saturated heterocycles. The van der Waals surface area contributed by atoms with Crippen LogP contribution in [0.2, 0.25) is 5.02 Å². The van der Waals surface area contributed by atoms with Gasteiger partial charge in [0.1, 0.15) is 11.6 Å². The van der Waals surface area contributed by atoms with Crippen molar-refractivity contribution < 1.29 is 9.53 Å². The van der Waals surface area contributed by atoms with Crippen LogP contribution in [0.1, 0.15) is 17.5 Å². The quantitative estimate of drug-likeness (QED) is 0.832. The number of aryl methyl sites for hydroxylation is 1. The summed E-state index contributed by atoms with van der Waals surface area (Å²) in [4.78, 5) is 21.2. The zero-order valence-corrected chi connectivity index (χ0v) is 15.4. The van der Waals surface area contributed by atoms with E-state index in [0.29, 0.717) is 11.4 Å². The minimum absolute atomic E-state index is 0.186. The molecule has 0 radical (unpaired) electrons. The number of carbonyl (C=O) groups excluding carboxylic acids is 1. The van der Waals surface area contributed by atoms with Crippen molar-refractivity contribution in [2.75, 3.05) is 37.7 Å². The van der Waals surface area contributed by atoms with Gasteiger partial charge in [-0.05, 0) is 42.2 Å². The number of piperazine rings is 1. The number of nitrogens with zero attached hydrogens (tertiary/aromatic N) is 3. The average molecular weight is 372 g/mol. The number of carbonyl (C=O) groups is 1. The number of ether oxygens (including phenoxy) is 1. The third kappa shape index (κ3) is 3.78. The summed E-state index contributed by atoms with van der Waals surface area (Å²) in [5.41, 5.74) is 2.29. The van der Waals surface area contributed by atoms with Crippen molar-refractivity contribution in [2.24, 2.45) is 0 Å². The van der Waals surface area contributed by atoms with Crippen LogP contribution < -0.4 is 9.64 Å². The summed E-state index contributed by atoms with van der Waals surface area (Å²) < 4.78 is 5.65. The minimum Gasteiger partial charge on any atom is -0.493 e. The Hall–Kier alpha value is -2.27. The van der Waals surface area contributed by atoms with Crippen molar-refractivity contribution in [3.63, 3.8) is 0 Å². The number of hydrogen-bond acceptors (Lipinski definition) is 4. The maximum absolute atomic E-state index is 12.7. The minimum atomic E-state index is 0.186. The molecule has 0 aliphatic carbocycles. The first kappa shape index (κ1) is 17.2. The normalized spacial score (nSPS) is 16.8. The van der Waals surface area contributed by atoms with Gasteiger partial charge < -0.3 is 14.5 Å². The third-order valence-corrected chi connectivity index (χ3v) is 5.22. The van der Waals surface area contributed by atoms with Gasteiger partial charge in [-0.1, -0.05) is 23.7 Å². The van der Waals surface area contributed by atoms with Gasteiger partial charge in [-0.25, -0.2) is 4.98 Å². The molecule has 0 atom stereocenters. The van der Waals surface area contributed by atoms with E-state index in [-0.39, 0.29) is 5.91 Å². The number of rotatable bonds is 3. The smallest absolute Gasteiger partial charge is 0.227 e. The van der Waals surface area contributed by atoms with Gasteiger partial charge in [0.25, 0.3) is 0 Å². The van der Waals surface area contributed by atoms with E-state index < -0.39 is 0 Å². The lowest BCUT2D eigenvalue weighted by molar-refractivity contribution is -0.130. The highest BCUT2D eigenvalue weighted by atomic mass is 35.5. The first-order valence-electron chi connectivity index (χ1n) is 9.08. The van der Waals surface area contributed by atoms with E-state index in [4.69, 9.17) is 16.3 Å². The fourth-order valence-electron chi connectivity index (χ4n) is 3.55. The first-order valence-corrected chi connectivity index (χ1v) is 9.46. The van der Waals surface area contributed by atoms with E-state index in [1.165, 1.54) is 5.56 Å². The second-order valence-corrected chi connectivity index (χ2v) is 7.21. The molecule has 2 aliphatic heterocycles. The molecule has 4 rings (SSSR count). The van der Waals surface area contributed by atoms with Crippen molar-refractivity contribution in [3.8, 4) is 5.75 Å². The fourth-order valence-corrected chi connectivity index (χ4v) is 3.66. The fraction of sp³-hybridized carbons (Fsp3) is 0.400. The number of fused-ring (bicyclic) bond motifs is 1. The van der Waals surface area contributed by atoms with Crippen LogP contribution in [-0.2, 0) is 17.6 Å². The summed E-state index contributed by atoms with van der Waals surface area (Å²) in [7, 11) is 0. The van der Waals surface area contributed by atoms with Crippen molar-refractivity contribution in [1.29, 1.82) is 0 Å². The number of aromatic nitrogens is 1. The molecule has 2 aliphatic rings. The molecule has 1 fully saturated rings. The Morgan fingerprint density at radius 1 is 1.15 bits per heavy atom. The molecule has 1 amide bonds. The summed E-state index contributed by atoms with van der Waals surface area (Å²) in [6, 6.07) is 9.91. The summed E-state index contributed by atoms with van der Waals surface area (Å²) in [5.74, 6) is 2.07. The van der Waals surface area contributed by atoms with E-state index in [0.717, 1.165) is 62.8 Å². The van der Waals surface area contributed by atoms with Crippen LogP contribution in [0, 0.1) is 0 Å². The number of benzene rings is 1. The molecule has 0 N–H and O–H groups in total. The molecule has 0 bridgehead atoms. The second-order valence-electron chi connectivity index (χ2n) is 6.77. The van der Waals surface area contributed by atoms with E-state index in [9.17, 15) is 4.79 Å². The molecule has 0 unspecified atom stereocenters. The molecule has 0 saturated carbocycles. The molecule has 1 aromatic heterocycles. The lowest BCUT2D eigenvalue weighted by atomic mass is 10.0. The molecule has 6 heteroatoms. The number of pyridine rings is 1. The van der Waals surface area contributed by atoms with Crippen LogP contribution in [0.4, 0.5) is 5.82 Å². The Balaban J connectivity index is 1.34. The molecular formula is C20H22ClN3O2. The van der Waals surface area contributed by atoms with Gasteiger partial charge in [0.2, 0.25) is 5.91 Å². The van der Waals surface area contributed by atoms with Crippen molar-refractivity contribution >= 4 is 23.3 Å². The van der Waals surface area contributed by atoms with Crippen LogP contribution in [0.5, 0.6) is 5.75 Å². The molecule has 1 aromatic carbocycles. The second kappa shape index (κ2) is 7.54. The average Bonchev–Trinajstić information content (AvgIpc) is 2.68. The molecule has 2 aromatic rings. The van der Waals surface area contributed by atoms with Crippen LogP contribution in [0.15, 0.2) is 36.5 Å². The summed E-state index contributed by atoms with van der Waals surface area (Å²) in [6.07, 6.45) is 4.19. The molecule has 0 spiro atoms. The Kier molecular flexibility index (Phi) is 4.98. The highest BCUT2D eigenvalue weighted by Crippen LogP contribution is 2.26. The van der Waals surface area contributed by atoms with Gasteiger partial charge in [0, 0.05) is 32.4 Å². The molecule has 26 heavy (non-hydrogen) atoms. The van der Waals surface area contributed by atoms with Gasteiger partial charge >= 0.3 is 0 Å². The number of amides is 1. The highest BCUT2D eigenvalue weighted by molar-refractivity contribution is 6.30. The number of halogens is 1. The van der Waals surface area contributed by atoms with Gasteiger partial charge in [0.05, 0.1) is 18.1 Å². The Morgan fingerprint density at radius 3 is 2.77 bits per heavy atom. The standard InChI is InChI=1S/C20H22ClN3O2/c21-17-4-6-19(22-14-17)23-7-9-24(10-8-23)20(25)13-15-3-5-18-16(12-15)2-1-11-26-18/h3-6,12,14H,1-2,7-11,13H2. The zero-order chi connectivity index (χ0) is 17.9. The maximum Gasteiger partial charge on any atom is 0.227 e. The Morgan fingerprint density at radius 2 is 2.00 bits per heavy atom. The van der Waals surface area contributed by atoms with Gasteiger partial charge in [-0.15, -0.1) is 0 Å². The van der Waals surface area contributed by atoms with Crippen LogP contribution in [0.25, 0.3) is 0 Å². The summed E-state index contributed by atoms with van der Waals surface area (Å²) in [5, 5.41) is 0.637. The molecule has 3 heterocycles. The predicted molar refractivity (Wildman–Crippen MR) is 102 cm³/mol. The van der Waals surface area contributed by atoms with Crippen molar-refractivity contribution in [3.05, 3.63) is 52.7 Å². The van der Waals surface area contributed by atoms with Crippen LogP contribution >= 0.6 is 11.6 Å². The maximum atomic E-state index is 12.7. The largest absolute Gasteiger partial charge is 0.493 e. The lowest BCUT2D eigenvalue weighted by Gasteiger charge is -2.35. The van der Waals surface area contributed by atoms with Crippen LogP contribution in [0.3, 0.4) is 0 Å². The Bertz CT molecular complexity index is 786. The van der Waals surface area contributed by atoms with Gasteiger partial charge in [-0.3, -0.25) is 4.79 Å². The van der Waals surface area contributed by atoms with E-state index in [1.807, 2.05) is 29.2 Å². The third-order valence-electron chi connectivity index (χ3n) is 5.00. The van der Waals surface area contributed by atoms with Gasteiger partial charge in [0.15, 0.2) is 0 Å². The summed E-state index contributed by atoms with van der Waals surface area (Å²) in [6.45, 7) is 3.81. The lowest BCUT2D eigenvalue weighted by Crippen LogP contribution is -2.49.